The van der Waals surface area contributed by atoms with Gasteiger partial charge in [-0.05, 0) is 91.9 Å². The summed E-state index contributed by atoms with van der Waals surface area (Å²) in [6.07, 6.45) is 0. The van der Waals surface area contributed by atoms with Gasteiger partial charge in [0.15, 0.2) is 8.07 Å². The van der Waals surface area contributed by atoms with E-state index in [2.05, 4.69) is 239 Å². The monoisotopic (exact) mass is 972 g/mol. The highest BCUT2D eigenvalue weighted by atomic mass is 28.4. The molecular weight excluding hydrogens is 893 g/mol. The summed E-state index contributed by atoms with van der Waals surface area (Å²) in [7, 11) is -14.0. The standard InChI is InChI=1S/C58H80Si7/c1-59(2,3)56(60(4,5)6)41-37-48(57(61(7,8)9)62(10,11)12)55(49(38-41)58(63(13,14)15)64(16,17)18)65-50-33-25-23-31-44(50)53(45-32-24-26-34-51(45)65)52-42-29-21-22-30-43(42)54(65)47-36-40-28-20-19-27-39(40)35-46(47)52/h19-38,52-54,56-58H,1-18H3/t52-,53?,54+,65?/m0/s1. The lowest BCUT2D eigenvalue weighted by Crippen LogP contribution is -2.78. The number of hydrogen-bond acceptors (Lipinski definition) is 0. The molecule has 0 saturated heterocycles. The fraction of sp³-hybridized carbons (Fsp3) is 0.414. The van der Waals surface area contributed by atoms with E-state index >= 15 is 0 Å². The Morgan fingerprint density at radius 1 is 0.338 bits per heavy atom. The summed E-state index contributed by atoms with van der Waals surface area (Å²) < 4.78 is 0. The van der Waals surface area contributed by atoms with Gasteiger partial charge in [0, 0.05) is 65.8 Å². The molecule has 12 rings (SSSR count). The average molecular weight is 974 g/mol. The van der Waals surface area contributed by atoms with Gasteiger partial charge in [0.25, 0.3) is 0 Å². The van der Waals surface area contributed by atoms with E-state index in [1.165, 1.54) is 10.8 Å². The van der Waals surface area contributed by atoms with Crippen LogP contribution in [0.1, 0.15) is 82.9 Å². The van der Waals surface area contributed by atoms with Gasteiger partial charge in [-0.1, -0.05) is 239 Å². The van der Waals surface area contributed by atoms with E-state index < -0.39 is 56.5 Å². The Hall–Kier alpha value is -2.90. The van der Waals surface area contributed by atoms with Crippen LogP contribution in [0.2, 0.25) is 118 Å². The van der Waals surface area contributed by atoms with Crippen molar-refractivity contribution in [1.29, 1.82) is 0 Å². The highest BCUT2D eigenvalue weighted by molar-refractivity contribution is 7.14. The summed E-state index contributed by atoms with van der Waals surface area (Å²) in [6, 6.07) is 51.1. The van der Waals surface area contributed by atoms with Crippen LogP contribution in [0.5, 0.6) is 0 Å². The van der Waals surface area contributed by atoms with E-state index in [9.17, 15) is 0 Å². The molecule has 4 bridgehead atoms. The number of fused-ring (bicyclic) bond motifs is 1. The number of hydrogen-bond donors (Lipinski definition) is 0. The van der Waals surface area contributed by atoms with E-state index in [-0.39, 0.29) is 17.4 Å². The van der Waals surface area contributed by atoms with Gasteiger partial charge in [0.2, 0.25) is 0 Å². The largest absolute Gasteiger partial charge is 0.161 e. The zero-order chi connectivity index (χ0) is 47.2. The molecule has 6 aliphatic rings. The average Bonchev–Trinajstić information content (AvgIpc) is 3.15. The van der Waals surface area contributed by atoms with Gasteiger partial charge >= 0.3 is 0 Å². The first-order valence-electron chi connectivity index (χ1n) is 25.1. The quantitative estimate of drug-likeness (QED) is 0.120. The maximum absolute atomic E-state index is 3.14. The highest BCUT2D eigenvalue weighted by Crippen LogP contribution is 2.59. The Labute approximate surface area is 402 Å². The van der Waals surface area contributed by atoms with Crippen molar-refractivity contribution in [3.05, 3.63) is 171 Å². The molecule has 65 heavy (non-hydrogen) atoms. The van der Waals surface area contributed by atoms with Gasteiger partial charge in [0.05, 0.1) is 0 Å². The molecule has 0 fully saturated rings. The molecular formula is C58H80Si7. The minimum absolute atomic E-state index is 0.235. The predicted molar refractivity (Wildman–Crippen MR) is 308 cm³/mol. The number of rotatable bonds is 10. The Bertz CT molecular complexity index is 2690. The second-order valence-electron chi connectivity index (χ2n) is 27.4. The molecule has 340 valence electrons. The van der Waals surface area contributed by atoms with Crippen LogP contribution in [-0.2, 0) is 0 Å². The molecule has 0 radical (unpaired) electrons. The van der Waals surface area contributed by atoms with Crippen molar-refractivity contribution in [2.45, 2.75) is 151 Å². The lowest BCUT2D eigenvalue weighted by atomic mass is 9.67. The van der Waals surface area contributed by atoms with E-state index in [0.717, 1.165) is 0 Å². The van der Waals surface area contributed by atoms with Gasteiger partial charge in [-0.3, -0.25) is 0 Å². The van der Waals surface area contributed by atoms with Crippen LogP contribution < -0.4 is 15.6 Å². The Morgan fingerprint density at radius 3 is 1.09 bits per heavy atom. The summed E-state index contributed by atoms with van der Waals surface area (Å²) in [4.78, 5) is 0. The van der Waals surface area contributed by atoms with Crippen LogP contribution in [-0.4, -0.2) is 56.5 Å². The van der Waals surface area contributed by atoms with E-state index in [4.69, 9.17) is 0 Å². The summed E-state index contributed by atoms with van der Waals surface area (Å²) in [5.74, 6) is 0.495. The summed E-state index contributed by atoms with van der Waals surface area (Å²) >= 11 is 0. The molecule has 6 aromatic rings. The predicted octanol–water partition coefficient (Wildman–Crippen LogP) is 15.1. The molecule has 0 amide bonds. The number of benzene rings is 6. The normalized spacial score (nSPS) is 20.8. The van der Waals surface area contributed by atoms with Crippen molar-refractivity contribution in [1.82, 2.24) is 0 Å². The minimum Gasteiger partial charge on any atom is -0.0693 e. The van der Waals surface area contributed by atoms with Crippen LogP contribution in [0.3, 0.4) is 0 Å². The minimum atomic E-state index is -3.14. The summed E-state index contributed by atoms with van der Waals surface area (Å²) in [6.45, 7) is 49.3. The second kappa shape index (κ2) is 15.6. The van der Waals surface area contributed by atoms with Crippen molar-refractivity contribution in [2.24, 2.45) is 0 Å². The first-order chi connectivity index (χ1) is 30.1. The smallest absolute Gasteiger partial charge is 0.0693 e. The van der Waals surface area contributed by atoms with Crippen LogP contribution >= 0.6 is 0 Å². The van der Waals surface area contributed by atoms with Crippen molar-refractivity contribution in [3.8, 4) is 0 Å². The van der Waals surface area contributed by atoms with Crippen molar-refractivity contribution < 1.29 is 0 Å². The van der Waals surface area contributed by atoms with Crippen molar-refractivity contribution in [3.63, 3.8) is 0 Å². The fourth-order valence-corrected chi connectivity index (χ4v) is 61.6. The van der Waals surface area contributed by atoms with Gasteiger partial charge < -0.3 is 0 Å². The maximum atomic E-state index is 3.02. The topological polar surface area (TPSA) is 0 Å². The molecule has 0 aromatic heterocycles. The van der Waals surface area contributed by atoms with Gasteiger partial charge in [-0.15, -0.1) is 0 Å². The van der Waals surface area contributed by atoms with Gasteiger partial charge in [0.1, 0.15) is 0 Å². The lowest BCUT2D eigenvalue weighted by Gasteiger charge is -2.58. The van der Waals surface area contributed by atoms with Crippen LogP contribution in [0.25, 0.3) is 10.8 Å². The lowest BCUT2D eigenvalue weighted by molar-refractivity contribution is 0.655. The molecule has 0 N–H and O–H groups in total. The van der Waals surface area contributed by atoms with Gasteiger partial charge in [-0.2, -0.15) is 0 Å². The molecule has 0 unspecified atom stereocenters. The molecule has 2 atom stereocenters. The first kappa shape index (κ1) is 47.2. The van der Waals surface area contributed by atoms with Gasteiger partial charge in [-0.25, -0.2) is 0 Å². The maximum Gasteiger partial charge on any atom is 0.161 e. The molecule has 6 aromatic carbocycles. The molecule has 5 aliphatic heterocycles. The van der Waals surface area contributed by atoms with E-state index in [1.54, 1.807) is 49.3 Å². The fourth-order valence-electron chi connectivity index (χ4n) is 16.2. The third kappa shape index (κ3) is 7.46. The van der Waals surface area contributed by atoms with Crippen LogP contribution in [0, 0.1) is 0 Å². The molecule has 0 nitrogen and oxygen atoms in total. The van der Waals surface area contributed by atoms with Crippen molar-refractivity contribution >= 4 is 82.8 Å². The Kier molecular flexibility index (Phi) is 11.3. The summed E-state index contributed by atoms with van der Waals surface area (Å²) in [5.41, 5.74) is 15.3. The van der Waals surface area contributed by atoms with Crippen LogP contribution in [0.4, 0.5) is 0 Å². The Balaban J connectivity index is 1.64. The molecule has 5 heterocycles. The SMILES string of the molecule is C[Si](C)(C)C(c1cc(C([Si](C)(C)C)[Si](C)(C)C)c([Si]23c4ccccc4C(c4ccccc42)[C@H]2c4ccccc4[C@@H]3c3cc4ccccc4cc32)c(C([Si](C)(C)C)[Si](C)(C)C)c1)[Si](C)(C)C. The molecule has 0 saturated carbocycles. The molecule has 1 aliphatic carbocycles. The third-order valence-electron chi connectivity index (χ3n) is 16.2. The van der Waals surface area contributed by atoms with Crippen molar-refractivity contribution in [2.75, 3.05) is 0 Å². The van der Waals surface area contributed by atoms with E-state index in [0.29, 0.717) is 15.5 Å². The highest BCUT2D eigenvalue weighted by Gasteiger charge is 2.63. The molecule has 7 heteroatoms. The zero-order valence-electron chi connectivity index (χ0n) is 43.5. The Morgan fingerprint density at radius 2 is 0.677 bits per heavy atom. The zero-order valence-corrected chi connectivity index (χ0v) is 50.5. The second-order valence-corrected chi connectivity index (χ2v) is 64.8. The van der Waals surface area contributed by atoms with Crippen LogP contribution in [0.15, 0.2) is 121 Å². The van der Waals surface area contributed by atoms with E-state index in [1.807, 2.05) is 16.3 Å². The first-order valence-corrected chi connectivity index (χ1v) is 48.6. The summed E-state index contributed by atoms with van der Waals surface area (Å²) in [5, 5.41) is 9.98. The molecule has 0 spiro atoms. The third-order valence-corrected chi connectivity index (χ3v) is 49.6.